The molecule has 4 heteroatoms. The molecule has 0 spiro atoms. The van der Waals surface area contributed by atoms with Crippen molar-refractivity contribution < 1.29 is 4.79 Å². The predicted octanol–water partition coefficient (Wildman–Crippen LogP) is 1.48. The van der Waals surface area contributed by atoms with E-state index in [2.05, 4.69) is 10.0 Å². The number of hydrogen-bond acceptors (Lipinski definition) is 1. The van der Waals surface area contributed by atoms with E-state index < -0.39 is 5.91 Å². The quantitative estimate of drug-likeness (QED) is 0.288. The molecule has 0 bridgehead atoms. The largest absolute Gasteiger partial charge is 0.292 e. The first-order chi connectivity index (χ1) is 3.68. The molecule has 0 aromatic rings. The van der Waals surface area contributed by atoms with Crippen molar-refractivity contribution in [2.45, 2.75) is 13.8 Å². The van der Waals surface area contributed by atoms with Gasteiger partial charge in [0.1, 0.15) is 0 Å². The molecule has 0 N–H and O–H groups in total. The lowest BCUT2D eigenvalue weighted by atomic mass is 10.2. The van der Waals surface area contributed by atoms with Gasteiger partial charge in [0.05, 0.1) is 0 Å². The number of rotatable bonds is 1. The molecule has 8 heavy (non-hydrogen) atoms. The van der Waals surface area contributed by atoms with E-state index in [4.69, 9.17) is 5.53 Å². The molecule has 1 amide bonds. The van der Waals surface area contributed by atoms with Gasteiger partial charge in [-0.3, -0.25) is 4.79 Å². The summed E-state index contributed by atoms with van der Waals surface area (Å²) in [5.74, 6) is -0.599. The van der Waals surface area contributed by atoms with Crippen LogP contribution in [0.25, 0.3) is 10.4 Å². The molecule has 0 rings (SSSR count). The van der Waals surface area contributed by atoms with Gasteiger partial charge in [-0.05, 0) is 10.6 Å². The minimum Gasteiger partial charge on any atom is -0.292 e. The van der Waals surface area contributed by atoms with Gasteiger partial charge in [0, 0.05) is 10.8 Å². The summed E-state index contributed by atoms with van der Waals surface area (Å²) >= 11 is 0. The highest BCUT2D eigenvalue weighted by atomic mass is 16.1. The molecular weight excluding hydrogens is 106 g/mol. The van der Waals surface area contributed by atoms with Crippen molar-refractivity contribution in [1.29, 1.82) is 0 Å². The SMILES string of the molecule is CC(C)C(=O)N=[N+]=[N-]. The number of hydrogen-bond donors (Lipinski definition) is 0. The number of nitrogens with zero attached hydrogens (tertiary/aromatic N) is 3. The molecule has 0 saturated carbocycles. The van der Waals surface area contributed by atoms with Gasteiger partial charge in [0.15, 0.2) is 0 Å². The minimum absolute atomic E-state index is 0.189. The summed E-state index contributed by atoms with van der Waals surface area (Å²) in [5, 5.41) is 2.87. The van der Waals surface area contributed by atoms with Crippen LogP contribution >= 0.6 is 0 Å². The van der Waals surface area contributed by atoms with Gasteiger partial charge < -0.3 is 0 Å². The highest BCUT2D eigenvalue weighted by Crippen LogP contribution is 1.93. The third-order valence-corrected chi connectivity index (χ3v) is 0.637. The summed E-state index contributed by atoms with van der Waals surface area (Å²) in [6, 6.07) is 0. The van der Waals surface area contributed by atoms with Crippen LogP contribution in [-0.4, -0.2) is 5.91 Å². The molecule has 0 heterocycles. The first kappa shape index (κ1) is 6.98. The van der Waals surface area contributed by atoms with Crippen LogP contribution in [0.2, 0.25) is 0 Å². The summed E-state index contributed by atoms with van der Waals surface area (Å²) < 4.78 is 0. The molecule has 0 atom stereocenters. The highest BCUT2D eigenvalue weighted by Gasteiger charge is 2.01. The van der Waals surface area contributed by atoms with E-state index in [1.54, 1.807) is 13.8 Å². The van der Waals surface area contributed by atoms with Crippen molar-refractivity contribution in [3.63, 3.8) is 0 Å². The fourth-order valence-corrected chi connectivity index (χ4v) is 0.160. The molecule has 0 aliphatic carbocycles. The molecule has 0 aliphatic heterocycles. The molecule has 0 unspecified atom stereocenters. The Bertz CT molecular complexity index is 134. The molecule has 4 nitrogen and oxygen atoms in total. The first-order valence-corrected chi connectivity index (χ1v) is 2.27. The fourth-order valence-electron chi connectivity index (χ4n) is 0.160. The molecule has 0 saturated heterocycles. The highest BCUT2D eigenvalue weighted by molar-refractivity contribution is 5.78. The van der Waals surface area contributed by atoms with Gasteiger partial charge in [0.2, 0.25) is 5.91 Å². The topological polar surface area (TPSA) is 65.8 Å². The van der Waals surface area contributed by atoms with Crippen LogP contribution in [0, 0.1) is 5.92 Å². The summed E-state index contributed by atoms with van der Waals surface area (Å²) in [5.41, 5.74) is 7.72. The van der Waals surface area contributed by atoms with E-state index in [1.807, 2.05) is 0 Å². The van der Waals surface area contributed by atoms with Crippen LogP contribution < -0.4 is 0 Å². The van der Waals surface area contributed by atoms with Gasteiger partial charge in [-0.1, -0.05) is 13.8 Å². The van der Waals surface area contributed by atoms with Gasteiger partial charge >= 0.3 is 0 Å². The lowest BCUT2D eigenvalue weighted by molar-refractivity contribution is -0.120. The van der Waals surface area contributed by atoms with Gasteiger partial charge in [-0.25, -0.2) is 0 Å². The second-order valence-corrected chi connectivity index (χ2v) is 1.68. The average molecular weight is 113 g/mol. The van der Waals surface area contributed by atoms with E-state index in [-0.39, 0.29) is 5.92 Å². The Balaban J connectivity index is 3.84. The third kappa shape index (κ3) is 2.21. The number of carbonyl (C=O) groups is 1. The zero-order valence-corrected chi connectivity index (χ0v) is 4.83. The summed E-state index contributed by atoms with van der Waals surface area (Å²) in [7, 11) is 0. The Morgan fingerprint density at radius 3 is 2.38 bits per heavy atom. The Morgan fingerprint density at radius 2 is 2.25 bits per heavy atom. The van der Waals surface area contributed by atoms with Gasteiger partial charge in [-0.2, -0.15) is 0 Å². The second-order valence-electron chi connectivity index (χ2n) is 1.68. The predicted molar refractivity (Wildman–Crippen MR) is 29.0 cm³/mol. The van der Waals surface area contributed by atoms with Gasteiger partial charge in [-0.15, -0.1) is 0 Å². The smallest absolute Gasteiger partial charge is 0.221 e. The van der Waals surface area contributed by atoms with Crippen LogP contribution in [0.5, 0.6) is 0 Å². The molecule has 0 fully saturated rings. The maximum Gasteiger partial charge on any atom is 0.221 e. The summed E-state index contributed by atoms with van der Waals surface area (Å²) in [4.78, 5) is 12.7. The monoisotopic (exact) mass is 113 g/mol. The van der Waals surface area contributed by atoms with E-state index in [1.165, 1.54) is 0 Å². The standard InChI is InChI=1S/C4H7N3O/c1-3(2)4(8)6-7-5/h3H,1-2H3. The zero-order valence-electron chi connectivity index (χ0n) is 4.83. The van der Waals surface area contributed by atoms with Crippen LogP contribution in [0.3, 0.4) is 0 Å². The third-order valence-electron chi connectivity index (χ3n) is 0.637. The maximum absolute atomic E-state index is 10.3. The van der Waals surface area contributed by atoms with Crippen molar-refractivity contribution in [2.24, 2.45) is 11.0 Å². The van der Waals surface area contributed by atoms with Crippen LogP contribution in [0.4, 0.5) is 0 Å². The van der Waals surface area contributed by atoms with E-state index in [9.17, 15) is 4.79 Å². The molecular formula is C4H7N3O. The number of azide groups is 1. The molecule has 0 aromatic heterocycles. The van der Waals surface area contributed by atoms with Crippen molar-refractivity contribution in [3.8, 4) is 0 Å². The first-order valence-electron chi connectivity index (χ1n) is 2.27. The van der Waals surface area contributed by atoms with E-state index in [0.717, 1.165) is 0 Å². The lowest BCUT2D eigenvalue weighted by Gasteiger charge is -1.91. The van der Waals surface area contributed by atoms with Crippen molar-refractivity contribution >= 4 is 5.91 Å². The van der Waals surface area contributed by atoms with Gasteiger partial charge in [0.25, 0.3) is 0 Å². The van der Waals surface area contributed by atoms with E-state index in [0.29, 0.717) is 0 Å². The van der Waals surface area contributed by atoms with E-state index >= 15 is 0 Å². The minimum atomic E-state index is -0.410. The van der Waals surface area contributed by atoms with Crippen molar-refractivity contribution in [1.82, 2.24) is 0 Å². The van der Waals surface area contributed by atoms with Crippen molar-refractivity contribution in [2.75, 3.05) is 0 Å². The molecule has 0 aromatic carbocycles. The van der Waals surface area contributed by atoms with Crippen LogP contribution in [0.15, 0.2) is 5.11 Å². The summed E-state index contributed by atoms with van der Waals surface area (Å²) in [6.07, 6.45) is 0. The lowest BCUT2D eigenvalue weighted by Crippen LogP contribution is -2.00. The molecule has 0 radical (unpaired) electrons. The normalized spacial score (nSPS) is 8.38. The number of amides is 1. The zero-order chi connectivity index (χ0) is 6.57. The average Bonchev–Trinajstić information content (AvgIpc) is 1.67. The van der Waals surface area contributed by atoms with Crippen LogP contribution in [-0.2, 0) is 4.79 Å². The fraction of sp³-hybridized carbons (Fsp3) is 0.750. The Labute approximate surface area is 47.1 Å². The Hall–Kier alpha value is -1.02. The Kier molecular flexibility index (Phi) is 2.66. The maximum atomic E-state index is 10.3. The summed E-state index contributed by atoms with van der Waals surface area (Å²) in [6.45, 7) is 3.36. The second kappa shape index (κ2) is 3.04. The molecule has 0 aliphatic rings. The Morgan fingerprint density at radius 1 is 1.75 bits per heavy atom. The van der Waals surface area contributed by atoms with Crippen molar-refractivity contribution in [3.05, 3.63) is 10.4 Å². The number of carbonyl (C=O) groups excluding carboxylic acids is 1. The van der Waals surface area contributed by atoms with Crippen LogP contribution in [0.1, 0.15) is 13.8 Å². The molecule has 44 valence electrons.